The third-order valence-electron chi connectivity index (χ3n) is 5.70. The van der Waals surface area contributed by atoms with E-state index in [0.29, 0.717) is 38.0 Å². The van der Waals surface area contributed by atoms with Crippen molar-refractivity contribution in [2.45, 2.75) is 43.9 Å². The Morgan fingerprint density at radius 1 is 1.05 bits per heavy atom. The number of ether oxygens (including phenoxy) is 1. The third kappa shape index (κ3) is 9.98. The molecule has 3 rings (SSSR count). The molecule has 210 valence electrons. The number of para-hydroxylation sites is 1. The number of carbonyl (C=O) groups excluding carboxylic acids is 2. The van der Waals surface area contributed by atoms with Crippen LogP contribution in [0.5, 0.6) is 5.75 Å². The van der Waals surface area contributed by atoms with Crippen LogP contribution in [0.25, 0.3) is 10.9 Å². The second-order valence-corrected chi connectivity index (χ2v) is 8.61. The first-order valence-electron chi connectivity index (χ1n) is 12.1. The van der Waals surface area contributed by atoms with Gasteiger partial charge in [-0.2, -0.15) is 13.2 Å². The van der Waals surface area contributed by atoms with Gasteiger partial charge in [0.1, 0.15) is 11.8 Å². The average Bonchev–Trinajstić information content (AvgIpc) is 2.91. The second-order valence-electron chi connectivity index (χ2n) is 8.61. The highest BCUT2D eigenvalue weighted by molar-refractivity contribution is 5.88. The first-order valence-corrected chi connectivity index (χ1v) is 12.1. The summed E-state index contributed by atoms with van der Waals surface area (Å²) in [5.41, 5.74) is 13.7. The van der Waals surface area contributed by atoms with E-state index in [4.69, 9.17) is 26.1 Å². The molecule has 0 bridgehead atoms. The number of aromatic nitrogens is 1. The highest BCUT2D eigenvalue weighted by Crippen LogP contribution is 2.20. The van der Waals surface area contributed by atoms with E-state index in [9.17, 15) is 22.8 Å². The number of nitrogens with two attached hydrogens (primary N) is 2. The number of fused-ring (bicyclic) bond motifs is 1. The summed E-state index contributed by atoms with van der Waals surface area (Å²) in [7, 11) is 1.59. The van der Waals surface area contributed by atoms with E-state index in [1.54, 1.807) is 13.1 Å². The predicted molar refractivity (Wildman–Crippen MR) is 139 cm³/mol. The maximum absolute atomic E-state index is 13.0. The summed E-state index contributed by atoms with van der Waals surface area (Å²) in [4.78, 5) is 40.5. The fourth-order valence-corrected chi connectivity index (χ4v) is 3.58. The number of aliphatic carboxylic acids is 1. The van der Waals surface area contributed by atoms with Gasteiger partial charge in [0.15, 0.2) is 0 Å². The predicted octanol–water partition coefficient (Wildman–Crippen LogP) is 3.30. The normalized spacial score (nSPS) is 12.6. The van der Waals surface area contributed by atoms with Crippen molar-refractivity contribution in [3.05, 3.63) is 72.4 Å². The number of hydrogen-bond donors (Lipinski definition) is 3. The highest BCUT2D eigenvalue weighted by atomic mass is 19.4. The van der Waals surface area contributed by atoms with Gasteiger partial charge >= 0.3 is 18.1 Å². The number of aryl methyl sites for hydroxylation is 1. The number of carboxylic acids is 1. The number of nitrogens with zero attached hydrogens (tertiary/aromatic N) is 2. The summed E-state index contributed by atoms with van der Waals surface area (Å²) >= 11 is 0. The maximum Gasteiger partial charge on any atom is 0.490 e. The quantitative estimate of drug-likeness (QED) is 0.327. The van der Waals surface area contributed by atoms with E-state index in [0.717, 1.165) is 16.5 Å². The van der Waals surface area contributed by atoms with E-state index >= 15 is 0 Å². The largest absolute Gasteiger partial charge is 0.490 e. The fraction of sp³-hybridized carbons (Fsp3) is 0.333. The van der Waals surface area contributed by atoms with Crippen LogP contribution in [0, 0.1) is 0 Å². The van der Waals surface area contributed by atoms with Crippen LogP contribution in [-0.2, 0) is 20.8 Å². The Balaban J connectivity index is 0.000000673. The molecule has 0 saturated carbocycles. The lowest BCUT2D eigenvalue weighted by Gasteiger charge is -2.28. The van der Waals surface area contributed by atoms with E-state index in [2.05, 4.69) is 4.98 Å². The van der Waals surface area contributed by atoms with Crippen molar-refractivity contribution in [2.24, 2.45) is 11.5 Å². The lowest BCUT2D eigenvalue weighted by molar-refractivity contribution is -0.192. The van der Waals surface area contributed by atoms with E-state index in [1.165, 1.54) is 11.1 Å². The number of pyridine rings is 1. The fourth-order valence-electron chi connectivity index (χ4n) is 3.58. The molecule has 0 aliphatic carbocycles. The highest BCUT2D eigenvalue weighted by Gasteiger charge is 2.38. The van der Waals surface area contributed by atoms with Crippen LogP contribution in [0.3, 0.4) is 0 Å². The number of hydrogen-bond acceptors (Lipinski definition) is 7. The zero-order valence-electron chi connectivity index (χ0n) is 21.3. The number of alkyl halides is 3. The van der Waals surface area contributed by atoms with Crippen molar-refractivity contribution < 1.29 is 37.4 Å². The van der Waals surface area contributed by atoms with Crippen LogP contribution in [-0.4, -0.2) is 64.7 Å². The Morgan fingerprint density at radius 2 is 1.67 bits per heavy atom. The van der Waals surface area contributed by atoms with Gasteiger partial charge in [0, 0.05) is 12.4 Å². The SMILES string of the molecule is CN(C(=O)[C@@H](N)CCc1ccccc1)[C@@H](CCCN)C(=O)Oc1cnc2ccccc2c1.O=C(O)C(F)(F)F. The van der Waals surface area contributed by atoms with Gasteiger partial charge in [-0.05, 0) is 49.9 Å². The number of amides is 1. The van der Waals surface area contributed by atoms with Gasteiger partial charge in [-0.3, -0.25) is 9.78 Å². The zero-order chi connectivity index (χ0) is 29.0. The third-order valence-corrected chi connectivity index (χ3v) is 5.70. The van der Waals surface area contributed by atoms with Gasteiger partial charge in [0.2, 0.25) is 5.91 Å². The molecule has 0 spiro atoms. The second kappa shape index (κ2) is 14.8. The lowest BCUT2D eigenvalue weighted by atomic mass is 10.0. The van der Waals surface area contributed by atoms with Gasteiger partial charge in [-0.15, -0.1) is 0 Å². The molecular weight excluding hydrogens is 517 g/mol. The first-order chi connectivity index (χ1) is 18.4. The minimum Gasteiger partial charge on any atom is -0.475 e. The van der Waals surface area contributed by atoms with Crippen molar-refractivity contribution in [1.82, 2.24) is 9.88 Å². The number of carboxylic acid groups (broad SMARTS) is 1. The van der Waals surface area contributed by atoms with Gasteiger partial charge in [-0.25, -0.2) is 9.59 Å². The molecule has 9 nitrogen and oxygen atoms in total. The molecule has 1 amide bonds. The van der Waals surface area contributed by atoms with E-state index < -0.39 is 30.2 Å². The van der Waals surface area contributed by atoms with E-state index in [1.807, 2.05) is 54.6 Å². The Morgan fingerprint density at radius 3 is 2.28 bits per heavy atom. The molecule has 5 N–H and O–H groups in total. The number of halogens is 3. The Kier molecular flexibility index (Phi) is 11.8. The van der Waals surface area contributed by atoms with Gasteiger partial charge in [0.05, 0.1) is 17.8 Å². The minimum atomic E-state index is -5.08. The molecule has 39 heavy (non-hydrogen) atoms. The van der Waals surface area contributed by atoms with Gasteiger partial charge in [-0.1, -0.05) is 48.5 Å². The number of rotatable bonds is 10. The Hall–Kier alpha value is -4.03. The summed E-state index contributed by atoms with van der Waals surface area (Å²) in [6.07, 6.45) is -1.44. The molecule has 12 heteroatoms. The molecule has 0 aliphatic heterocycles. The van der Waals surface area contributed by atoms with Crippen molar-refractivity contribution in [3.8, 4) is 5.75 Å². The molecule has 3 aromatic rings. The van der Waals surface area contributed by atoms with Gasteiger partial charge < -0.3 is 26.2 Å². The standard InChI is InChI=1S/C25H30N4O3.C2HF3O2/c1-29(24(30)21(27)14-13-18-8-3-2-4-9-18)23(12-7-15-26)25(31)32-20-16-19-10-5-6-11-22(19)28-17-20;3-2(4,5)1(6)7/h2-6,8-11,16-17,21,23H,7,12-15,26-27H2,1H3;(H,6,7)/t21-,23-;/m0./s1. The molecule has 0 aliphatic rings. The molecule has 1 aromatic heterocycles. The van der Waals surface area contributed by atoms with Crippen molar-refractivity contribution in [2.75, 3.05) is 13.6 Å². The molecule has 2 atom stereocenters. The summed E-state index contributed by atoms with van der Waals surface area (Å²) in [5.74, 6) is -3.24. The molecule has 0 radical (unpaired) electrons. The maximum atomic E-state index is 13.0. The molecule has 0 fully saturated rings. The van der Waals surface area contributed by atoms with Crippen LogP contribution < -0.4 is 16.2 Å². The average molecular weight is 549 g/mol. The topological polar surface area (TPSA) is 149 Å². The van der Waals surface area contributed by atoms with Crippen LogP contribution >= 0.6 is 0 Å². The summed E-state index contributed by atoms with van der Waals surface area (Å²) in [6.45, 7) is 0.406. The van der Waals surface area contributed by atoms with Crippen molar-refractivity contribution in [1.29, 1.82) is 0 Å². The molecule has 2 aromatic carbocycles. The van der Waals surface area contributed by atoms with Gasteiger partial charge in [0.25, 0.3) is 0 Å². The first kappa shape index (κ1) is 31.2. The minimum absolute atomic E-state index is 0.295. The number of esters is 1. The number of likely N-dealkylation sites (N-methyl/N-ethyl adjacent to an activating group) is 1. The summed E-state index contributed by atoms with van der Waals surface area (Å²) in [5, 5.41) is 7.99. The van der Waals surface area contributed by atoms with Crippen LogP contribution in [0.4, 0.5) is 13.2 Å². The smallest absolute Gasteiger partial charge is 0.475 e. The molecule has 0 saturated heterocycles. The van der Waals surface area contributed by atoms with Crippen LogP contribution in [0.1, 0.15) is 24.8 Å². The molecule has 1 heterocycles. The zero-order valence-corrected chi connectivity index (χ0v) is 21.3. The Labute approximate surface area is 223 Å². The monoisotopic (exact) mass is 548 g/mol. The summed E-state index contributed by atoms with van der Waals surface area (Å²) < 4.78 is 37.3. The Bertz CT molecular complexity index is 1240. The molecular formula is C27H31F3N4O5. The van der Waals surface area contributed by atoms with Crippen LogP contribution in [0.2, 0.25) is 0 Å². The van der Waals surface area contributed by atoms with Crippen molar-refractivity contribution >= 4 is 28.7 Å². The summed E-state index contributed by atoms with van der Waals surface area (Å²) in [6, 6.07) is 17.7. The van der Waals surface area contributed by atoms with E-state index in [-0.39, 0.29) is 5.91 Å². The van der Waals surface area contributed by atoms with Crippen molar-refractivity contribution in [3.63, 3.8) is 0 Å². The van der Waals surface area contributed by atoms with Crippen LogP contribution in [0.15, 0.2) is 66.9 Å². The molecule has 0 unspecified atom stereocenters. The lowest BCUT2D eigenvalue weighted by Crippen LogP contribution is -2.50. The number of carbonyl (C=O) groups is 3. The number of benzene rings is 2.